The Morgan fingerprint density at radius 1 is 1.53 bits per heavy atom. The average molecular weight is 260 g/mol. The summed E-state index contributed by atoms with van der Waals surface area (Å²) in [7, 11) is 1.79. The van der Waals surface area contributed by atoms with Gasteiger partial charge in [-0.05, 0) is 37.6 Å². The SMILES string of the molecule is COC1CCCN(Cc2nc3ccc(N)cc3[nH]2)C1. The summed E-state index contributed by atoms with van der Waals surface area (Å²) in [6.45, 7) is 2.93. The maximum Gasteiger partial charge on any atom is 0.121 e. The van der Waals surface area contributed by atoms with Crippen molar-refractivity contribution in [3.63, 3.8) is 0 Å². The molecule has 0 bridgehead atoms. The van der Waals surface area contributed by atoms with Gasteiger partial charge in [0, 0.05) is 19.3 Å². The van der Waals surface area contributed by atoms with Crippen LogP contribution in [0, 0.1) is 0 Å². The second-order valence-electron chi connectivity index (χ2n) is 5.20. The molecule has 102 valence electrons. The Kier molecular flexibility index (Phi) is 3.40. The Labute approximate surface area is 112 Å². The molecule has 2 heterocycles. The van der Waals surface area contributed by atoms with E-state index < -0.39 is 0 Å². The average Bonchev–Trinajstić information content (AvgIpc) is 2.80. The first-order valence-corrected chi connectivity index (χ1v) is 6.74. The lowest BCUT2D eigenvalue weighted by Gasteiger charge is -2.31. The van der Waals surface area contributed by atoms with Crippen LogP contribution < -0.4 is 5.73 Å². The zero-order valence-electron chi connectivity index (χ0n) is 11.2. The van der Waals surface area contributed by atoms with Crippen LogP contribution in [0.3, 0.4) is 0 Å². The van der Waals surface area contributed by atoms with Crippen molar-refractivity contribution in [2.24, 2.45) is 0 Å². The molecule has 5 heteroatoms. The summed E-state index contributed by atoms with van der Waals surface area (Å²) >= 11 is 0. The number of ether oxygens (including phenoxy) is 1. The number of methoxy groups -OCH3 is 1. The van der Waals surface area contributed by atoms with Crippen molar-refractivity contribution >= 4 is 16.7 Å². The molecule has 0 amide bonds. The number of benzene rings is 1. The highest BCUT2D eigenvalue weighted by Gasteiger charge is 2.20. The summed E-state index contributed by atoms with van der Waals surface area (Å²) in [5.41, 5.74) is 8.53. The molecule has 0 radical (unpaired) electrons. The molecule has 1 atom stereocenters. The molecule has 1 fully saturated rings. The second kappa shape index (κ2) is 5.19. The Balaban J connectivity index is 1.74. The Morgan fingerprint density at radius 2 is 2.42 bits per heavy atom. The van der Waals surface area contributed by atoms with E-state index in [-0.39, 0.29) is 0 Å². The number of aromatic amines is 1. The lowest BCUT2D eigenvalue weighted by Crippen LogP contribution is -2.38. The summed E-state index contributed by atoms with van der Waals surface area (Å²) in [6, 6.07) is 5.77. The van der Waals surface area contributed by atoms with Gasteiger partial charge in [0.15, 0.2) is 0 Å². The van der Waals surface area contributed by atoms with Gasteiger partial charge in [-0.3, -0.25) is 4.90 Å². The molecule has 19 heavy (non-hydrogen) atoms. The summed E-state index contributed by atoms with van der Waals surface area (Å²) in [5.74, 6) is 0.998. The molecule has 1 aliphatic heterocycles. The molecule has 1 saturated heterocycles. The molecule has 5 nitrogen and oxygen atoms in total. The van der Waals surface area contributed by atoms with Gasteiger partial charge in [-0.15, -0.1) is 0 Å². The van der Waals surface area contributed by atoms with Gasteiger partial charge in [-0.1, -0.05) is 0 Å². The lowest BCUT2D eigenvalue weighted by atomic mass is 10.1. The van der Waals surface area contributed by atoms with Crippen molar-refractivity contribution in [1.29, 1.82) is 0 Å². The molecule has 3 rings (SSSR count). The number of hydrogen-bond donors (Lipinski definition) is 2. The third-order valence-electron chi connectivity index (χ3n) is 3.72. The second-order valence-corrected chi connectivity index (χ2v) is 5.20. The van der Waals surface area contributed by atoms with Crippen LogP contribution in [0.4, 0.5) is 5.69 Å². The van der Waals surface area contributed by atoms with Crippen LogP contribution in [-0.2, 0) is 11.3 Å². The van der Waals surface area contributed by atoms with Gasteiger partial charge in [-0.25, -0.2) is 4.98 Å². The number of H-pyrrole nitrogens is 1. The lowest BCUT2D eigenvalue weighted by molar-refractivity contribution is 0.0278. The van der Waals surface area contributed by atoms with Crippen LogP contribution in [-0.4, -0.2) is 41.2 Å². The molecule has 1 aromatic carbocycles. The first-order valence-electron chi connectivity index (χ1n) is 6.74. The fourth-order valence-electron chi connectivity index (χ4n) is 2.72. The minimum Gasteiger partial charge on any atom is -0.399 e. The number of fused-ring (bicyclic) bond motifs is 1. The number of rotatable bonds is 3. The molecular formula is C14H20N4O. The van der Waals surface area contributed by atoms with Crippen molar-refractivity contribution < 1.29 is 4.74 Å². The standard InChI is InChI=1S/C14H20N4O/c1-19-11-3-2-6-18(8-11)9-14-16-12-5-4-10(15)7-13(12)17-14/h4-5,7,11H,2-3,6,8-9,15H2,1H3,(H,16,17). The van der Waals surface area contributed by atoms with Crippen LogP contribution in [0.2, 0.25) is 0 Å². The van der Waals surface area contributed by atoms with E-state index >= 15 is 0 Å². The summed E-state index contributed by atoms with van der Waals surface area (Å²) in [5, 5.41) is 0. The van der Waals surface area contributed by atoms with E-state index in [1.165, 1.54) is 6.42 Å². The Hall–Kier alpha value is -1.59. The van der Waals surface area contributed by atoms with Crippen molar-refractivity contribution in [3.05, 3.63) is 24.0 Å². The number of imidazole rings is 1. The minimum atomic E-state index is 0.355. The number of nitrogens with zero attached hydrogens (tertiary/aromatic N) is 2. The van der Waals surface area contributed by atoms with Crippen LogP contribution in [0.25, 0.3) is 11.0 Å². The van der Waals surface area contributed by atoms with E-state index in [4.69, 9.17) is 10.5 Å². The molecule has 2 aromatic rings. The van der Waals surface area contributed by atoms with E-state index in [0.29, 0.717) is 6.10 Å². The van der Waals surface area contributed by atoms with Gasteiger partial charge in [-0.2, -0.15) is 0 Å². The first kappa shape index (κ1) is 12.4. The largest absolute Gasteiger partial charge is 0.399 e. The minimum absolute atomic E-state index is 0.355. The highest BCUT2D eigenvalue weighted by molar-refractivity contribution is 5.78. The number of nitrogens with one attached hydrogen (secondary N) is 1. The van der Waals surface area contributed by atoms with E-state index in [2.05, 4.69) is 14.9 Å². The molecule has 3 N–H and O–H groups in total. The van der Waals surface area contributed by atoms with Gasteiger partial charge in [0.25, 0.3) is 0 Å². The van der Waals surface area contributed by atoms with Crippen molar-refractivity contribution in [2.75, 3.05) is 25.9 Å². The number of likely N-dealkylation sites (tertiary alicyclic amines) is 1. The van der Waals surface area contributed by atoms with Crippen LogP contribution >= 0.6 is 0 Å². The molecule has 0 spiro atoms. The fourth-order valence-corrected chi connectivity index (χ4v) is 2.72. The number of hydrogen-bond acceptors (Lipinski definition) is 4. The van der Waals surface area contributed by atoms with Gasteiger partial charge < -0.3 is 15.5 Å². The van der Waals surface area contributed by atoms with E-state index in [0.717, 1.165) is 48.6 Å². The fraction of sp³-hybridized carbons (Fsp3) is 0.500. The number of nitrogens with two attached hydrogens (primary N) is 1. The van der Waals surface area contributed by atoms with E-state index in [9.17, 15) is 0 Å². The maximum atomic E-state index is 5.78. The monoisotopic (exact) mass is 260 g/mol. The normalized spacial score (nSPS) is 21.0. The van der Waals surface area contributed by atoms with Crippen molar-refractivity contribution in [2.45, 2.75) is 25.5 Å². The number of aromatic nitrogens is 2. The number of nitrogen functional groups attached to an aromatic ring is 1. The Morgan fingerprint density at radius 3 is 3.26 bits per heavy atom. The Bertz CT molecular complexity index is 566. The predicted octanol–water partition coefficient (Wildman–Crippen LogP) is 1.76. The van der Waals surface area contributed by atoms with Crippen molar-refractivity contribution in [3.8, 4) is 0 Å². The summed E-state index contributed by atoms with van der Waals surface area (Å²) in [6.07, 6.45) is 2.70. The molecule has 0 aliphatic carbocycles. The third-order valence-corrected chi connectivity index (χ3v) is 3.72. The maximum absolute atomic E-state index is 5.78. The highest BCUT2D eigenvalue weighted by atomic mass is 16.5. The summed E-state index contributed by atoms with van der Waals surface area (Å²) < 4.78 is 5.44. The molecule has 1 unspecified atom stereocenters. The van der Waals surface area contributed by atoms with Gasteiger partial charge in [0.05, 0.1) is 23.7 Å². The number of piperidine rings is 1. The van der Waals surface area contributed by atoms with Crippen molar-refractivity contribution in [1.82, 2.24) is 14.9 Å². The predicted molar refractivity (Wildman–Crippen MR) is 75.8 cm³/mol. The van der Waals surface area contributed by atoms with E-state index in [1.54, 1.807) is 7.11 Å². The smallest absolute Gasteiger partial charge is 0.121 e. The highest BCUT2D eigenvalue weighted by Crippen LogP contribution is 2.18. The number of anilines is 1. The molecule has 1 aliphatic rings. The van der Waals surface area contributed by atoms with E-state index in [1.807, 2.05) is 18.2 Å². The molecule has 0 saturated carbocycles. The molecule has 1 aromatic heterocycles. The zero-order valence-corrected chi connectivity index (χ0v) is 11.2. The van der Waals surface area contributed by atoms with Crippen LogP contribution in [0.15, 0.2) is 18.2 Å². The quantitative estimate of drug-likeness (QED) is 0.825. The molecular weight excluding hydrogens is 240 g/mol. The zero-order chi connectivity index (χ0) is 13.2. The third kappa shape index (κ3) is 2.72. The summed E-state index contributed by atoms with van der Waals surface area (Å²) in [4.78, 5) is 10.3. The van der Waals surface area contributed by atoms with Gasteiger partial charge >= 0.3 is 0 Å². The first-order chi connectivity index (χ1) is 9.24. The van der Waals surface area contributed by atoms with Gasteiger partial charge in [0.1, 0.15) is 5.82 Å². The van der Waals surface area contributed by atoms with Crippen LogP contribution in [0.1, 0.15) is 18.7 Å². The van der Waals surface area contributed by atoms with Gasteiger partial charge in [0.2, 0.25) is 0 Å². The topological polar surface area (TPSA) is 67.2 Å². The van der Waals surface area contributed by atoms with Crippen LogP contribution in [0.5, 0.6) is 0 Å².